The molecule has 1 saturated carbocycles. The zero-order chi connectivity index (χ0) is 30.8. The van der Waals surface area contributed by atoms with Gasteiger partial charge in [-0.2, -0.15) is 0 Å². The standard InChI is InChI=1S/C32H49N7O4/c1-5-27-31(41)38(3)28(22(2)39(27)24-10-6-7-11-24)21-36-32(33)37-26-13-12-23(20-29(26)42-4)30(40)35-16-8-9-19-43-25-14-17-34-18-15-25/h12-13,20-21,24-25,27,34H,2,5-11,14-19H2,1,3-4H3,(H,35,40)(H3,33,36,37)/b28-21+/t27-/m1/s1. The number of guanidine groups is 1. The van der Waals surface area contributed by atoms with Crippen LogP contribution in [0.25, 0.3) is 0 Å². The van der Waals surface area contributed by atoms with Crippen molar-refractivity contribution in [2.75, 3.05) is 45.7 Å². The molecule has 1 aromatic carbocycles. The third-order valence-corrected chi connectivity index (χ3v) is 8.57. The summed E-state index contributed by atoms with van der Waals surface area (Å²) in [7, 11) is 3.29. The summed E-state index contributed by atoms with van der Waals surface area (Å²) < 4.78 is 11.5. The van der Waals surface area contributed by atoms with Crippen LogP contribution in [0.3, 0.4) is 0 Å². The number of aliphatic imine (C=N–C) groups is 1. The van der Waals surface area contributed by atoms with E-state index in [1.165, 1.54) is 20.0 Å². The summed E-state index contributed by atoms with van der Waals surface area (Å²) >= 11 is 0. The van der Waals surface area contributed by atoms with Crippen molar-refractivity contribution in [3.63, 3.8) is 0 Å². The molecule has 2 amide bonds. The van der Waals surface area contributed by atoms with Crippen molar-refractivity contribution < 1.29 is 19.1 Å². The number of nitrogens with one attached hydrogen (secondary N) is 3. The Balaban J connectivity index is 1.32. The number of piperazine rings is 1. The quantitative estimate of drug-likeness (QED) is 0.164. The van der Waals surface area contributed by atoms with Gasteiger partial charge in [0.05, 0.1) is 36.5 Å². The molecule has 3 aliphatic rings. The Morgan fingerprint density at radius 1 is 1.21 bits per heavy atom. The Kier molecular flexibility index (Phi) is 11.9. The number of methoxy groups -OCH3 is 1. The van der Waals surface area contributed by atoms with E-state index < -0.39 is 0 Å². The third-order valence-electron chi connectivity index (χ3n) is 8.57. The third kappa shape index (κ3) is 8.29. The molecule has 2 aliphatic heterocycles. The fraction of sp³-hybridized carbons (Fsp3) is 0.594. The van der Waals surface area contributed by atoms with Gasteiger partial charge in [-0.05, 0) is 76.2 Å². The first-order valence-electron chi connectivity index (χ1n) is 15.7. The largest absolute Gasteiger partial charge is 0.495 e. The number of anilines is 1. The first kappa shape index (κ1) is 32.3. The van der Waals surface area contributed by atoms with E-state index in [0.717, 1.165) is 63.7 Å². The van der Waals surface area contributed by atoms with Gasteiger partial charge in [-0.3, -0.25) is 9.59 Å². The van der Waals surface area contributed by atoms with Crippen molar-refractivity contribution in [1.29, 1.82) is 0 Å². The Morgan fingerprint density at radius 3 is 2.65 bits per heavy atom. The van der Waals surface area contributed by atoms with Crippen LogP contribution in [0, 0.1) is 0 Å². The number of hydrogen-bond acceptors (Lipinski definition) is 7. The molecule has 0 aromatic heterocycles. The van der Waals surface area contributed by atoms with Crippen LogP contribution in [0.1, 0.15) is 75.1 Å². The lowest BCUT2D eigenvalue weighted by Gasteiger charge is -2.46. The van der Waals surface area contributed by atoms with E-state index in [-0.39, 0.29) is 23.8 Å². The minimum absolute atomic E-state index is 0.0378. The van der Waals surface area contributed by atoms with Crippen molar-refractivity contribution in [3.8, 4) is 5.75 Å². The number of piperidine rings is 1. The maximum atomic E-state index is 13.2. The summed E-state index contributed by atoms with van der Waals surface area (Å²) in [4.78, 5) is 34.2. The highest BCUT2D eigenvalue weighted by Crippen LogP contribution is 2.36. The van der Waals surface area contributed by atoms with Crippen LogP contribution in [-0.2, 0) is 9.53 Å². The van der Waals surface area contributed by atoms with E-state index in [0.29, 0.717) is 48.0 Å². The summed E-state index contributed by atoms with van der Waals surface area (Å²) in [5.41, 5.74) is 8.71. The molecule has 43 heavy (non-hydrogen) atoms. The number of carbonyl (C=O) groups excluding carboxylic acids is 2. The van der Waals surface area contributed by atoms with E-state index >= 15 is 0 Å². The lowest BCUT2D eigenvalue weighted by atomic mass is 10.0. The van der Waals surface area contributed by atoms with E-state index in [1.54, 1.807) is 36.3 Å². The van der Waals surface area contributed by atoms with E-state index in [1.807, 2.05) is 6.92 Å². The minimum Gasteiger partial charge on any atom is -0.495 e. The highest BCUT2D eigenvalue weighted by atomic mass is 16.5. The summed E-state index contributed by atoms with van der Waals surface area (Å²) in [5.74, 6) is 0.446. The maximum Gasteiger partial charge on any atom is 0.251 e. The van der Waals surface area contributed by atoms with Crippen LogP contribution in [0.5, 0.6) is 5.75 Å². The molecule has 1 aromatic rings. The second kappa shape index (κ2) is 15.8. The molecule has 11 nitrogen and oxygen atoms in total. The molecule has 4 rings (SSSR count). The molecular formula is C32H49N7O4. The van der Waals surface area contributed by atoms with Gasteiger partial charge in [-0.25, -0.2) is 4.99 Å². The summed E-state index contributed by atoms with van der Waals surface area (Å²) in [6, 6.07) is 5.22. The van der Waals surface area contributed by atoms with Crippen LogP contribution < -0.4 is 26.4 Å². The van der Waals surface area contributed by atoms with Gasteiger partial charge in [0.1, 0.15) is 11.8 Å². The normalized spacial score (nSPS) is 21.5. The number of rotatable bonds is 12. The van der Waals surface area contributed by atoms with Crippen molar-refractivity contribution in [1.82, 2.24) is 20.4 Å². The predicted molar refractivity (Wildman–Crippen MR) is 170 cm³/mol. The molecule has 1 atom stereocenters. The highest BCUT2D eigenvalue weighted by molar-refractivity contribution is 5.98. The second-order valence-corrected chi connectivity index (χ2v) is 11.5. The molecule has 5 N–H and O–H groups in total. The number of ether oxygens (including phenoxy) is 2. The van der Waals surface area contributed by atoms with E-state index in [2.05, 4.69) is 32.4 Å². The SMILES string of the molecule is C=C1/C(=C\N=C(N)Nc2ccc(C(=O)NCCCCOC3CCNCC3)cc2OC)N(C)C(=O)[C@@H](CC)N1C1CCCC1. The fourth-order valence-corrected chi connectivity index (χ4v) is 6.14. The van der Waals surface area contributed by atoms with Crippen LogP contribution in [0.15, 0.2) is 47.4 Å². The Hall–Kier alpha value is -3.57. The molecule has 11 heteroatoms. The Bertz CT molecular complexity index is 1190. The molecule has 1 aliphatic carbocycles. The monoisotopic (exact) mass is 595 g/mol. The summed E-state index contributed by atoms with van der Waals surface area (Å²) in [6.07, 6.45) is 11.0. The number of amides is 2. The van der Waals surface area contributed by atoms with Gasteiger partial charge >= 0.3 is 0 Å². The maximum absolute atomic E-state index is 13.2. The highest BCUT2D eigenvalue weighted by Gasteiger charge is 2.40. The zero-order valence-corrected chi connectivity index (χ0v) is 26.0. The van der Waals surface area contributed by atoms with Gasteiger partial charge < -0.3 is 41.0 Å². The van der Waals surface area contributed by atoms with Gasteiger partial charge in [0.25, 0.3) is 5.91 Å². The smallest absolute Gasteiger partial charge is 0.251 e. The first-order chi connectivity index (χ1) is 20.8. The van der Waals surface area contributed by atoms with Crippen molar-refractivity contribution in [2.24, 2.45) is 10.7 Å². The van der Waals surface area contributed by atoms with E-state index in [4.69, 9.17) is 15.2 Å². The lowest BCUT2D eigenvalue weighted by molar-refractivity contribution is -0.136. The molecule has 3 fully saturated rings. The molecule has 0 unspecified atom stereocenters. The molecular weight excluding hydrogens is 546 g/mol. The Labute approximate surface area is 255 Å². The van der Waals surface area contributed by atoms with Gasteiger partial charge in [0.2, 0.25) is 5.91 Å². The van der Waals surface area contributed by atoms with Crippen LogP contribution in [0.2, 0.25) is 0 Å². The second-order valence-electron chi connectivity index (χ2n) is 11.5. The Morgan fingerprint density at radius 2 is 1.95 bits per heavy atom. The number of carbonyl (C=O) groups is 2. The topological polar surface area (TPSA) is 134 Å². The summed E-state index contributed by atoms with van der Waals surface area (Å²) in [5, 5.41) is 9.35. The molecule has 0 radical (unpaired) electrons. The van der Waals surface area contributed by atoms with Gasteiger partial charge in [0, 0.05) is 31.8 Å². The van der Waals surface area contributed by atoms with Crippen molar-refractivity contribution in [2.45, 2.75) is 82.9 Å². The van der Waals surface area contributed by atoms with E-state index in [9.17, 15) is 9.59 Å². The number of nitrogens with two attached hydrogens (primary N) is 1. The average molecular weight is 596 g/mol. The van der Waals surface area contributed by atoms with Gasteiger partial charge in [-0.15, -0.1) is 0 Å². The van der Waals surface area contributed by atoms with Crippen LogP contribution in [-0.4, -0.2) is 86.2 Å². The van der Waals surface area contributed by atoms with Crippen LogP contribution in [0.4, 0.5) is 5.69 Å². The lowest BCUT2D eigenvalue weighted by Crippen LogP contribution is -2.55. The first-order valence-corrected chi connectivity index (χ1v) is 15.7. The molecule has 0 spiro atoms. The minimum atomic E-state index is -0.213. The predicted octanol–water partition coefficient (Wildman–Crippen LogP) is 3.55. The van der Waals surface area contributed by atoms with Gasteiger partial charge in [0.15, 0.2) is 5.96 Å². The van der Waals surface area contributed by atoms with Crippen molar-refractivity contribution >= 4 is 23.5 Å². The summed E-state index contributed by atoms with van der Waals surface area (Å²) in [6.45, 7) is 9.71. The molecule has 2 heterocycles. The van der Waals surface area contributed by atoms with Crippen molar-refractivity contribution in [3.05, 3.63) is 47.9 Å². The van der Waals surface area contributed by atoms with Gasteiger partial charge in [-0.1, -0.05) is 26.3 Å². The average Bonchev–Trinajstić information content (AvgIpc) is 3.55. The molecule has 0 bridgehead atoms. The number of likely N-dealkylation sites (N-methyl/N-ethyl adjacent to an activating group) is 1. The number of benzene rings is 1. The number of hydrogen-bond donors (Lipinski definition) is 4. The molecule has 2 saturated heterocycles. The fourth-order valence-electron chi connectivity index (χ4n) is 6.14. The number of nitrogens with zero attached hydrogens (tertiary/aromatic N) is 3. The number of unbranched alkanes of at least 4 members (excludes halogenated alkanes) is 1. The zero-order valence-electron chi connectivity index (χ0n) is 26.0. The molecule has 236 valence electrons. The van der Waals surface area contributed by atoms with Crippen LogP contribution >= 0.6 is 0 Å².